The molecule has 2 aromatic carbocycles. The summed E-state index contributed by atoms with van der Waals surface area (Å²) in [5, 5.41) is 16.0. The quantitative estimate of drug-likeness (QED) is 0.454. The Morgan fingerprint density at radius 1 is 1.11 bits per heavy atom. The maximum atomic E-state index is 12.1. The molecule has 0 saturated carbocycles. The number of rotatable bonds is 6. The molecular formula is C18H17N3O6. The van der Waals surface area contributed by atoms with Gasteiger partial charge in [-0.2, -0.15) is 0 Å². The van der Waals surface area contributed by atoms with Crippen molar-refractivity contribution in [1.82, 2.24) is 5.32 Å². The highest BCUT2D eigenvalue weighted by atomic mass is 16.6. The number of aryl methyl sites for hydroxylation is 1. The minimum atomic E-state index is -0.954. The molecule has 27 heavy (non-hydrogen) atoms. The Labute approximate surface area is 154 Å². The summed E-state index contributed by atoms with van der Waals surface area (Å²) in [5.74, 6) is -1.83. The van der Waals surface area contributed by atoms with Crippen LogP contribution in [-0.2, 0) is 9.53 Å². The van der Waals surface area contributed by atoms with Crippen molar-refractivity contribution in [3.8, 4) is 0 Å². The number of nitrogens with one attached hydrogen (secondary N) is 2. The number of amides is 2. The fourth-order valence-electron chi connectivity index (χ4n) is 2.32. The Balaban J connectivity index is 1.99. The third-order valence-electron chi connectivity index (χ3n) is 3.64. The lowest BCUT2D eigenvalue weighted by Crippen LogP contribution is -2.22. The van der Waals surface area contributed by atoms with Gasteiger partial charge in [0.15, 0.2) is 6.61 Å². The number of carbonyl (C=O) groups excluding carboxylic acids is 3. The molecule has 0 fully saturated rings. The predicted molar refractivity (Wildman–Crippen MR) is 96.6 cm³/mol. The molecule has 2 amide bonds. The molecule has 140 valence electrons. The average molecular weight is 371 g/mol. The summed E-state index contributed by atoms with van der Waals surface area (Å²) < 4.78 is 4.89. The van der Waals surface area contributed by atoms with E-state index in [0.29, 0.717) is 16.8 Å². The summed E-state index contributed by atoms with van der Waals surface area (Å²) in [5.41, 5.74) is 0.634. The molecule has 0 saturated heterocycles. The Kier molecular flexibility index (Phi) is 6.21. The van der Waals surface area contributed by atoms with Gasteiger partial charge < -0.3 is 15.4 Å². The molecular weight excluding hydrogens is 354 g/mol. The van der Waals surface area contributed by atoms with E-state index in [9.17, 15) is 24.5 Å². The molecule has 2 N–H and O–H groups in total. The van der Waals surface area contributed by atoms with Gasteiger partial charge in [0.1, 0.15) is 5.56 Å². The maximum Gasteiger partial charge on any atom is 0.345 e. The van der Waals surface area contributed by atoms with Gasteiger partial charge in [-0.15, -0.1) is 0 Å². The Morgan fingerprint density at radius 3 is 2.37 bits per heavy atom. The van der Waals surface area contributed by atoms with Crippen LogP contribution in [-0.4, -0.2) is 36.4 Å². The van der Waals surface area contributed by atoms with Gasteiger partial charge in [0.2, 0.25) is 0 Å². The Hall–Kier alpha value is -3.75. The lowest BCUT2D eigenvalue weighted by Gasteiger charge is -2.09. The molecule has 0 aliphatic heterocycles. The van der Waals surface area contributed by atoms with E-state index in [1.54, 1.807) is 0 Å². The summed E-state index contributed by atoms with van der Waals surface area (Å²) in [7, 11) is 1.51. The van der Waals surface area contributed by atoms with Crippen LogP contribution in [0.4, 0.5) is 11.4 Å². The zero-order valence-electron chi connectivity index (χ0n) is 14.6. The molecule has 0 aliphatic carbocycles. The van der Waals surface area contributed by atoms with Crippen LogP contribution in [0.15, 0.2) is 42.5 Å². The van der Waals surface area contributed by atoms with Crippen molar-refractivity contribution in [2.45, 2.75) is 6.92 Å². The van der Waals surface area contributed by atoms with Gasteiger partial charge in [0, 0.05) is 24.4 Å². The minimum Gasteiger partial charge on any atom is -0.452 e. The van der Waals surface area contributed by atoms with E-state index in [2.05, 4.69) is 10.6 Å². The van der Waals surface area contributed by atoms with Crippen LogP contribution in [0.1, 0.15) is 26.3 Å². The summed E-state index contributed by atoms with van der Waals surface area (Å²) in [4.78, 5) is 45.9. The van der Waals surface area contributed by atoms with Gasteiger partial charge in [0.25, 0.3) is 17.5 Å². The second-order valence-corrected chi connectivity index (χ2v) is 5.51. The summed E-state index contributed by atoms with van der Waals surface area (Å²) >= 11 is 0. The van der Waals surface area contributed by atoms with Gasteiger partial charge in [-0.3, -0.25) is 19.7 Å². The first-order valence-electron chi connectivity index (χ1n) is 7.86. The van der Waals surface area contributed by atoms with Crippen LogP contribution < -0.4 is 10.6 Å². The molecule has 9 heteroatoms. The molecule has 0 spiro atoms. The van der Waals surface area contributed by atoms with Gasteiger partial charge in [-0.1, -0.05) is 12.1 Å². The molecule has 0 radical (unpaired) electrons. The van der Waals surface area contributed by atoms with E-state index >= 15 is 0 Å². The highest BCUT2D eigenvalue weighted by molar-refractivity contribution is 5.99. The summed E-state index contributed by atoms with van der Waals surface area (Å²) in [6.07, 6.45) is 0. The van der Waals surface area contributed by atoms with Crippen molar-refractivity contribution in [2.75, 3.05) is 19.0 Å². The number of ether oxygens (including phenoxy) is 1. The lowest BCUT2D eigenvalue weighted by atomic mass is 10.1. The van der Waals surface area contributed by atoms with Crippen molar-refractivity contribution < 1.29 is 24.0 Å². The van der Waals surface area contributed by atoms with Crippen LogP contribution >= 0.6 is 0 Å². The monoisotopic (exact) mass is 371 g/mol. The molecule has 0 unspecified atom stereocenters. The van der Waals surface area contributed by atoms with Gasteiger partial charge in [-0.05, 0) is 36.8 Å². The van der Waals surface area contributed by atoms with Crippen molar-refractivity contribution in [2.24, 2.45) is 0 Å². The fraction of sp³-hybridized carbons (Fsp3) is 0.167. The summed E-state index contributed by atoms with van der Waals surface area (Å²) in [6, 6.07) is 10.3. The number of esters is 1. The molecule has 0 aromatic heterocycles. The van der Waals surface area contributed by atoms with Crippen LogP contribution in [0.2, 0.25) is 0 Å². The number of nitro groups is 1. The van der Waals surface area contributed by atoms with E-state index in [1.165, 1.54) is 56.4 Å². The van der Waals surface area contributed by atoms with Crippen LogP contribution in [0, 0.1) is 17.0 Å². The number of hydrogen-bond donors (Lipinski definition) is 2. The zero-order chi connectivity index (χ0) is 20.0. The van der Waals surface area contributed by atoms with Gasteiger partial charge in [0.05, 0.1) is 4.92 Å². The third-order valence-corrected chi connectivity index (χ3v) is 3.64. The molecule has 0 heterocycles. The normalized spacial score (nSPS) is 10.0. The molecule has 0 aliphatic rings. The molecule has 0 bridgehead atoms. The predicted octanol–water partition coefficient (Wildman–Crippen LogP) is 2.06. The number of benzene rings is 2. The van der Waals surface area contributed by atoms with Crippen molar-refractivity contribution >= 4 is 29.2 Å². The highest BCUT2D eigenvalue weighted by Gasteiger charge is 2.24. The zero-order valence-corrected chi connectivity index (χ0v) is 14.6. The largest absolute Gasteiger partial charge is 0.452 e. The summed E-state index contributed by atoms with van der Waals surface area (Å²) in [6.45, 7) is 0.930. The number of hydrogen-bond acceptors (Lipinski definition) is 6. The first-order chi connectivity index (χ1) is 12.8. The Morgan fingerprint density at radius 2 is 1.78 bits per heavy atom. The molecule has 9 nitrogen and oxygen atoms in total. The lowest BCUT2D eigenvalue weighted by molar-refractivity contribution is -0.385. The number of anilines is 1. The van der Waals surface area contributed by atoms with Gasteiger partial charge >= 0.3 is 5.97 Å². The topological polar surface area (TPSA) is 128 Å². The van der Waals surface area contributed by atoms with E-state index in [-0.39, 0.29) is 17.2 Å². The molecule has 0 atom stereocenters. The molecule has 2 aromatic rings. The minimum absolute atomic E-state index is 0.190. The van der Waals surface area contributed by atoms with E-state index in [1.807, 2.05) is 0 Å². The smallest absolute Gasteiger partial charge is 0.345 e. The second-order valence-electron chi connectivity index (χ2n) is 5.51. The SMILES string of the molecule is CNC(=O)c1ccc(NC(=O)COC(=O)c2c(C)cccc2[N+](=O)[O-])cc1. The molecule has 2 rings (SSSR count). The average Bonchev–Trinajstić information content (AvgIpc) is 2.65. The number of carbonyl (C=O) groups is 3. The van der Waals surface area contributed by atoms with E-state index in [0.717, 1.165) is 0 Å². The number of nitro benzene ring substituents is 1. The van der Waals surface area contributed by atoms with Crippen LogP contribution in [0.25, 0.3) is 0 Å². The van der Waals surface area contributed by atoms with Gasteiger partial charge in [-0.25, -0.2) is 4.79 Å². The fourth-order valence-corrected chi connectivity index (χ4v) is 2.32. The number of nitrogens with zero attached hydrogens (tertiary/aromatic N) is 1. The first-order valence-corrected chi connectivity index (χ1v) is 7.86. The Bertz CT molecular complexity index is 892. The van der Waals surface area contributed by atoms with Crippen LogP contribution in [0.5, 0.6) is 0 Å². The first kappa shape index (κ1) is 19.6. The van der Waals surface area contributed by atoms with Crippen molar-refractivity contribution in [3.05, 3.63) is 69.3 Å². The highest BCUT2D eigenvalue weighted by Crippen LogP contribution is 2.22. The van der Waals surface area contributed by atoms with E-state index < -0.39 is 23.4 Å². The van der Waals surface area contributed by atoms with Crippen molar-refractivity contribution in [1.29, 1.82) is 0 Å². The van der Waals surface area contributed by atoms with E-state index in [4.69, 9.17) is 4.74 Å². The van der Waals surface area contributed by atoms with Crippen molar-refractivity contribution in [3.63, 3.8) is 0 Å². The maximum absolute atomic E-state index is 12.1. The standard InChI is InChI=1S/C18H17N3O6/c1-11-4-3-5-14(21(25)26)16(11)18(24)27-10-15(22)20-13-8-6-12(7-9-13)17(23)19-2/h3-9H,10H2,1-2H3,(H,19,23)(H,20,22). The third kappa shape index (κ3) is 4.88. The van der Waals surface area contributed by atoms with Crippen LogP contribution in [0.3, 0.4) is 0 Å². The second kappa shape index (κ2) is 8.56.